The Hall–Kier alpha value is -5.12. The van der Waals surface area contributed by atoms with Crippen LogP contribution in [0, 0.1) is 11.6 Å². The van der Waals surface area contributed by atoms with Crippen molar-refractivity contribution in [3.8, 4) is 11.1 Å². The number of hydrogen-bond acceptors (Lipinski definition) is 4. The highest BCUT2D eigenvalue weighted by atomic mass is 19.2. The summed E-state index contributed by atoms with van der Waals surface area (Å²) < 4.78 is 28.1. The smallest absolute Gasteiger partial charge is 0.263 e. The monoisotopic (exact) mass is 496 g/mol. The standard InChI is InChI=1S/C27H18F2N6O2/c28-21-7-5-15(11-22(21)29)14-35-10-2-4-18(27(35)37)26(36)32-25-19-12-16(6-8-23(19)33-34-25)20-13-31-24-17(20)3-1-9-30-24/h1-13H,14H2,(H,30,31)(H2,32,33,34,36). The molecule has 0 fully saturated rings. The summed E-state index contributed by atoms with van der Waals surface area (Å²) >= 11 is 0. The van der Waals surface area contributed by atoms with Crippen molar-refractivity contribution >= 4 is 33.7 Å². The Kier molecular flexibility index (Phi) is 5.33. The number of H-pyrrole nitrogens is 2. The second-order valence-corrected chi connectivity index (χ2v) is 8.49. The zero-order valence-electron chi connectivity index (χ0n) is 19.1. The molecule has 4 aromatic heterocycles. The number of nitrogens with zero attached hydrogens (tertiary/aromatic N) is 3. The third-order valence-electron chi connectivity index (χ3n) is 6.16. The molecule has 0 atom stereocenters. The van der Waals surface area contributed by atoms with Crippen molar-refractivity contribution in [1.29, 1.82) is 0 Å². The first-order valence-corrected chi connectivity index (χ1v) is 11.3. The molecule has 6 rings (SSSR count). The van der Waals surface area contributed by atoms with Gasteiger partial charge in [-0.1, -0.05) is 12.1 Å². The van der Waals surface area contributed by atoms with Gasteiger partial charge in [-0.3, -0.25) is 14.7 Å². The summed E-state index contributed by atoms with van der Waals surface area (Å²) in [6.45, 7) is -0.0225. The van der Waals surface area contributed by atoms with E-state index in [0.717, 1.165) is 34.3 Å². The second-order valence-electron chi connectivity index (χ2n) is 8.49. The van der Waals surface area contributed by atoms with Crippen LogP contribution in [0.2, 0.25) is 0 Å². The Labute approximate surface area is 207 Å². The molecule has 0 aliphatic carbocycles. The lowest BCUT2D eigenvalue weighted by molar-refractivity contribution is 0.102. The lowest BCUT2D eigenvalue weighted by Crippen LogP contribution is -2.29. The molecule has 0 aliphatic heterocycles. The first-order valence-electron chi connectivity index (χ1n) is 11.3. The van der Waals surface area contributed by atoms with Crippen molar-refractivity contribution in [2.45, 2.75) is 6.54 Å². The van der Waals surface area contributed by atoms with Crippen LogP contribution in [0.4, 0.5) is 14.6 Å². The first-order chi connectivity index (χ1) is 18.0. The molecule has 182 valence electrons. The lowest BCUT2D eigenvalue weighted by Gasteiger charge is -2.09. The van der Waals surface area contributed by atoms with Gasteiger partial charge in [-0.15, -0.1) is 0 Å². The molecule has 0 saturated carbocycles. The average Bonchev–Trinajstić information content (AvgIpc) is 3.51. The largest absolute Gasteiger partial charge is 0.346 e. The normalized spacial score (nSPS) is 11.3. The van der Waals surface area contributed by atoms with Gasteiger partial charge in [0.15, 0.2) is 17.5 Å². The van der Waals surface area contributed by atoms with Gasteiger partial charge in [-0.25, -0.2) is 13.8 Å². The molecule has 37 heavy (non-hydrogen) atoms. The number of aromatic amines is 2. The molecule has 3 N–H and O–H groups in total. The van der Waals surface area contributed by atoms with Crippen molar-refractivity contribution in [2.24, 2.45) is 0 Å². The predicted molar refractivity (Wildman–Crippen MR) is 135 cm³/mol. The van der Waals surface area contributed by atoms with E-state index in [1.165, 1.54) is 22.9 Å². The number of anilines is 1. The van der Waals surface area contributed by atoms with Gasteiger partial charge in [-0.05, 0) is 59.7 Å². The average molecular weight is 496 g/mol. The first kappa shape index (κ1) is 22.4. The Morgan fingerprint density at radius 3 is 2.76 bits per heavy atom. The summed E-state index contributed by atoms with van der Waals surface area (Å²) in [7, 11) is 0. The summed E-state index contributed by atoms with van der Waals surface area (Å²) in [5.41, 5.74) is 3.03. The van der Waals surface area contributed by atoms with Crippen molar-refractivity contribution in [3.63, 3.8) is 0 Å². The summed E-state index contributed by atoms with van der Waals surface area (Å²) in [6.07, 6.45) is 5.06. The van der Waals surface area contributed by atoms with E-state index in [4.69, 9.17) is 0 Å². The predicted octanol–water partition coefficient (Wildman–Crippen LogP) is 4.85. The summed E-state index contributed by atoms with van der Waals surface area (Å²) in [6, 6.07) is 15.9. The van der Waals surface area contributed by atoms with Gasteiger partial charge in [-0.2, -0.15) is 5.10 Å². The number of pyridine rings is 2. The zero-order chi connectivity index (χ0) is 25.5. The summed E-state index contributed by atoms with van der Waals surface area (Å²) in [4.78, 5) is 33.5. The van der Waals surface area contributed by atoms with Crippen LogP contribution in [-0.2, 0) is 6.54 Å². The number of aromatic nitrogens is 5. The number of nitrogens with one attached hydrogen (secondary N) is 3. The van der Waals surface area contributed by atoms with Crippen LogP contribution in [0.3, 0.4) is 0 Å². The van der Waals surface area contributed by atoms with Gasteiger partial charge in [0.25, 0.3) is 11.5 Å². The molecule has 1 amide bonds. The number of carbonyl (C=O) groups is 1. The molecule has 0 spiro atoms. The van der Waals surface area contributed by atoms with Gasteiger partial charge in [0.1, 0.15) is 11.2 Å². The van der Waals surface area contributed by atoms with E-state index in [1.807, 2.05) is 36.5 Å². The number of halogens is 2. The highest BCUT2D eigenvalue weighted by Gasteiger charge is 2.17. The minimum absolute atomic E-state index is 0.0225. The quantitative estimate of drug-likeness (QED) is 0.317. The third-order valence-corrected chi connectivity index (χ3v) is 6.16. The Balaban J connectivity index is 1.30. The van der Waals surface area contributed by atoms with E-state index in [9.17, 15) is 18.4 Å². The van der Waals surface area contributed by atoms with Crippen LogP contribution in [0.15, 0.2) is 84.0 Å². The van der Waals surface area contributed by atoms with E-state index in [-0.39, 0.29) is 17.9 Å². The second kappa shape index (κ2) is 8.83. The van der Waals surface area contributed by atoms with Crippen LogP contribution in [-0.4, -0.2) is 30.6 Å². The Morgan fingerprint density at radius 2 is 1.89 bits per heavy atom. The maximum Gasteiger partial charge on any atom is 0.263 e. The van der Waals surface area contributed by atoms with Crippen molar-refractivity contribution in [2.75, 3.05) is 5.32 Å². The Bertz CT molecular complexity index is 1870. The van der Waals surface area contributed by atoms with Gasteiger partial charge in [0.05, 0.1) is 12.1 Å². The molecule has 4 heterocycles. The van der Waals surface area contributed by atoms with Gasteiger partial charge in [0, 0.05) is 34.9 Å². The van der Waals surface area contributed by atoms with Crippen LogP contribution in [0.1, 0.15) is 15.9 Å². The van der Waals surface area contributed by atoms with Gasteiger partial charge < -0.3 is 14.9 Å². The lowest BCUT2D eigenvalue weighted by atomic mass is 10.0. The SMILES string of the molecule is O=C(Nc1n[nH]c2ccc(-c3c[nH]c4ncccc34)cc12)c1cccn(Cc2ccc(F)c(F)c2)c1=O. The molecule has 6 aromatic rings. The topological polar surface area (TPSA) is 108 Å². The molecule has 0 radical (unpaired) electrons. The number of fused-ring (bicyclic) bond motifs is 2. The van der Waals surface area contributed by atoms with E-state index in [0.29, 0.717) is 16.5 Å². The van der Waals surface area contributed by atoms with Gasteiger partial charge in [0.2, 0.25) is 0 Å². The van der Waals surface area contributed by atoms with Crippen LogP contribution in [0.5, 0.6) is 0 Å². The van der Waals surface area contributed by atoms with Crippen LogP contribution < -0.4 is 10.9 Å². The minimum Gasteiger partial charge on any atom is -0.346 e. The molecular formula is C27H18F2N6O2. The van der Waals surface area contributed by atoms with E-state index >= 15 is 0 Å². The number of amides is 1. The summed E-state index contributed by atoms with van der Waals surface area (Å²) in [5, 5.41) is 11.5. The number of benzene rings is 2. The fourth-order valence-corrected chi connectivity index (χ4v) is 4.32. The fourth-order valence-electron chi connectivity index (χ4n) is 4.32. The van der Waals surface area contributed by atoms with Crippen molar-refractivity contribution in [1.82, 2.24) is 24.7 Å². The maximum absolute atomic E-state index is 13.6. The zero-order valence-corrected chi connectivity index (χ0v) is 19.1. The highest BCUT2D eigenvalue weighted by Crippen LogP contribution is 2.31. The molecule has 0 aliphatic rings. The summed E-state index contributed by atoms with van der Waals surface area (Å²) in [5.74, 6) is -2.34. The molecule has 0 saturated heterocycles. The van der Waals surface area contributed by atoms with Crippen molar-refractivity contribution in [3.05, 3.63) is 112 Å². The highest BCUT2D eigenvalue weighted by molar-refractivity contribution is 6.08. The molecule has 2 aromatic carbocycles. The fraction of sp³-hybridized carbons (Fsp3) is 0.0370. The van der Waals surface area contributed by atoms with E-state index < -0.39 is 23.1 Å². The number of rotatable bonds is 5. The maximum atomic E-state index is 13.6. The minimum atomic E-state index is -1.01. The molecular weight excluding hydrogens is 478 g/mol. The number of carbonyl (C=O) groups excluding carboxylic acids is 1. The molecule has 0 bridgehead atoms. The van der Waals surface area contributed by atoms with Crippen LogP contribution in [0.25, 0.3) is 33.1 Å². The van der Waals surface area contributed by atoms with Crippen LogP contribution >= 0.6 is 0 Å². The Morgan fingerprint density at radius 1 is 1.00 bits per heavy atom. The molecule has 10 heteroatoms. The van der Waals surface area contributed by atoms with E-state index in [1.54, 1.807) is 12.3 Å². The van der Waals surface area contributed by atoms with E-state index in [2.05, 4.69) is 25.5 Å². The third kappa shape index (κ3) is 4.04. The van der Waals surface area contributed by atoms with Gasteiger partial charge >= 0.3 is 0 Å². The van der Waals surface area contributed by atoms with Crippen molar-refractivity contribution < 1.29 is 13.6 Å². The molecule has 0 unspecified atom stereocenters. The number of hydrogen-bond donors (Lipinski definition) is 3. The molecule has 8 nitrogen and oxygen atoms in total.